The number of alkyl halides is 3. The van der Waals surface area contributed by atoms with Crippen molar-refractivity contribution in [3.05, 3.63) is 59.3 Å². The predicted octanol–water partition coefficient (Wildman–Crippen LogP) is 4.22. The lowest BCUT2D eigenvalue weighted by Gasteiger charge is -2.11. The molecule has 3 aromatic rings. The first-order chi connectivity index (χ1) is 14.6. The van der Waals surface area contributed by atoms with Crippen molar-refractivity contribution in [3.8, 4) is 11.5 Å². The minimum absolute atomic E-state index is 0.0714. The molecule has 3 rings (SSSR count). The van der Waals surface area contributed by atoms with Crippen molar-refractivity contribution in [1.29, 1.82) is 0 Å². The zero-order chi connectivity index (χ0) is 22.8. The maximum Gasteiger partial charge on any atom is 0.573 e. The van der Waals surface area contributed by atoms with Gasteiger partial charge in [0.25, 0.3) is 5.91 Å². The molecular formula is C22H21F3N2O4. The largest absolute Gasteiger partial charge is 0.573 e. The minimum Gasteiger partial charge on any atom is -0.497 e. The van der Waals surface area contributed by atoms with Gasteiger partial charge in [-0.15, -0.1) is 13.2 Å². The van der Waals surface area contributed by atoms with Gasteiger partial charge >= 0.3 is 6.36 Å². The first-order valence-electron chi connectivity index (χ1n) is 9.49. The van der Waals surface area contributed by atoms with Crippen LogP contribution in [0.3, 0.4) is 0 Å². The van der Waals surface area contributed by atoms with Crippen LogP contribution in [0, 0.1) is 6.92 Å². The van der Waals surface area contributed by atoms with Crippen molar-refractivity contribution in [2.24, 2.45) is 0 Å². The van der Waals surface area contributed by atoms with Gasteiger partial charge in [0.05, 0.1) is 19.0 Å². The number of nitrogens with zero attached hydrogens (tertiary/aromatic N) is 1. The number of hydrogen-bond acceptors (Lipinski definition) is 4. The highest BCUT2D eigenvalue weighted by Crippen LogP contribution is 2.31. The van der Waals surface area contributed by atoms with Crippen molar-refractivity contribution >= 4 is 22.7 Å². The Kier molecular flexibility index (Phi) is 6.24. The van der Waals surface area contributed by atoms with Crippen LogP contribution in [0.25, 0.3) is 10.9 Å². The second-order valence-corrected chi connectivity index (χ2v) is 6.79. The predicted molar refractivity (Wildman–Crippen MR) is 108 cm³/mol. The number of methoxy groups -OCH3 is 1. The van der Waals surface area contributed by atoms with E-state index >= 15 is 0 Å². The van der Waals surface area contributed by atoms with E-state index in [2.05, 4.69) is 10.1 Å². The molecule has 0 aliphatic carbocycles. The average molecular weight is 434 g/mol. The Hall–Kier alpha value is -3.49. The molecule has 0 aliphatic heterocycles. The topological polar surface area (TPSA) is 69.6 Å². The molecule has 0 spiro atoms. The molecule has 0 atom stereocenters. The summed E-state index contributed by atoms with van der Waals surface area (Å²) in [7, 11) is 1.52. The maximum atomic E-state index is 13.2. The first-order valence-corrected chi connectivity index (χ1v) is 9.49. The van der Waals surface area contributed by atoms with E-state index < -0.39 is 18.0 Å². The molecule has 1 heterocycles. The number of aromatic nitrogens is 1. The van der Waals surface area contributed by atoms with Gasteiger partial charge in [-0.3, -0.25) is 14.2 Å². The fourth-order valence-corrected chi connectivity index (χ4v) is 3.42. The Morgan fingerprint density at radius 1 is 1.06 bits per heavy atom. The molecule has 6 nitrogen and oxygen atoms in total. The third-order valence-corrected chi connectivity index (χ3v) is 4.79. The highest BCUT2D eigenvalue weighted by Gasteiger charge is 2.31. The second-order valence-electron chi connectivity index (χ2n) is 6.79. The van der Waals surface area contributed by atoms with Crippen LogP contribution < -0.4 is 14.8 Å². The van der Waals surface area contributed by atoms with E-state index in [4.69, 9.17) is 4.74 Å². The summed E-state index contributed by atoms with van der Waals surface area (Å²) < 4.78 is 47.7. The Bertz CT molecular complexity index is 1120. The SMILES string of the molecule is CCNC(=O)Cc1c(C)n(C(=O)c2ccc(OC(F)(F)F)cc2)c2ccc(OC)cc12. The lowest BCUT2D eigenvalue weighted by molar-refractivity contribution is -0.274. The van der Waals surface area contributed by atoms with Crippen molar-refractivity contribution in [3.63, 3.8) is 0 Å². The molecule has 0 bridgehead atoms. The quantitative estimate of drug-likeness (QED) is 0.631. The molecule has 0 fully saturated rings. The molecule has 1 N–H and O–H groups in total. The summed E-state index contributed by atoms with van der Waals surface area (Å²) >= 11 is 0. The van der Waals surface area contributed by atoms with Gasteiger partial charge in [-0.1, -0.05) is 0 Å². The molecular weight excluding hydrogens is 413 g/mol. The molecule has 0 aliphatic rings. The Balaban J connectivity index is 2.05. The van der Waals surface area contributed by atoms with Crippen LogP contribution in [0.4, 0.5) is 13.2 Å². The third kappa shape index (κ3) is 4.82. The van der Waals surface area contributed by atoms with E-state index in [0.29, 0.717) is 34.5 Å². The third-order valence-electron chi connectivity index (χ3n) is 4.79. The normalized spacial score (nSPS) is 11.4. The zero-order valence-electron chi connectivity index (χ0n) is 17.2. The van der Waals surface area contributed by atoms with Crippen LogP contribution in [0.2, 0.25) is 0 Å². The standard InChI is InChI=1S/C22H21F3N2O4/c1-4-26-20(28)12-17-13(2)27(19-10-9-16(30-3)11-18(17)19)21(29)14-5-7-15(8-6-14)31-22(23,24)25/h5-11H,4,12H2,1-3H3,(H,26,28). The van der Waals surface area contributed by atoms with E-state index in [1.807, 2.05) is 6.92 Å². The summed E-state index contributed by atoms with van der Waals surface area (Å²) in [4.78, 5) is 25.4. The lowest BCUT2D eigenvalue weighted by Crippen LogP contribution is -2.24. The summed E-state index contributed by atoms with van der Waals surface area (Å²) in [6.07, 6.45) is -4.74. The molecule has 31 heavy (non-hydrogen) atoms. The Morgan fingerprint density at radius 3 is 2.29 bits per heavy atom. The Morgan fingerprint density at radius 2 is 1.71 bits per heavy atom. The van der Waals surface area contributed by atoms with Gasteiger partial charge in [0.15, 0.2) is 0 Å². The number of nitrogens with one attached hydrogen (secondary N) is 1. The number of halogens is 3. The number of amides is 1. The van der Waals surface area contributed by atoms with Gasteiger partial charge in [0.1, 0.15) is 11.5 Å². The summed E-state index contributed by atoms with van der Waals surface area (Å²) in [5.74, 6) is -0.468. The highest BCUT2D eigenvalue weighted by molar-refractivity contribution is 6.05. The number of likely N-dealkylation sites (N-methyl/N-ethyl adjacent to an activating group) is 1. The molecule has 0 unspecified atom stereocenters. The fourth-order valence-electron chi connectivity index (χ4n) is 3.42. The van der Waals surface area contributed by atoms with Crippen LogP contribution in [-0.4, -0.2) is 36.4 Å². The minimum atomic E-state index is -4.81. The van der Waals surface area contributed by atoms with Gasteiger partial charge in [0, 0.05) is 23.2 Å². The molecule has 1 amide bonds. The monoisotopic (exact) mass is 434 g/mol. The molecule has 9 heteroatoms. The smallest absolute Gasteiger partial charge is 0.497 e. The summed E-state index contributed by atoms with van der Waals surface area (Å²) in [6, 6.07) is 9.86. The zero-order valence-corrected chi connectivity index (χ0v) is 17.2. The number of carbonyl (C=O) groups is 2. The van der Waals surface area contributed by atoms with Crippen LogP contribution in [0.15, 0.2) is 42.5 Å². The van der Waals surface area contributed by atoms with Crippen molar-refractivity contribution in [1.82, 2.24) is 9.88 Å². The molecule has 164 valence electrons. The number of benzene rings is 2. The fraction of sp³-hybridized carbons (Fsp3) is 0.273. The van der Waals surface area contributed by atoms with E-state index in [9.17, 15) is 22.8 Å². The highest BCUT2D eigenvalue weighted by atomic mass is 19.4. The van der Waals surface area contributed by atoms with Gasteiger partial charge < -0.3 is 14.8 Å². The van der Waals surface area contributed by atoms with Crippen LogP contribution in [-0.2, 0) is 11.2 Å². The summed E-state index contributed by atoms with van der Waals surface area (Å²) in [5, 5.41) is 3.43. The second kappa shape index (κ2) is 8.71. The van der Waals surface area contributed by atoms with Gasteiger partial charge in [-0.25, -0.2) is 0 Å². The number of ether oxygens (including phenoxy) is 2. The van der Waals surface area contributed by atoms with Crippen LogP contribution >= 0.6 is 0 Å². The summed E-state index contributed by atoms with van der Waals surface area (Å²) in [6.45, 7) is 4.01. The van der Waals surface area contributed by atoms with Crippen molar-refractivity contribution in [2.45, 2.75) is 26.6 Å². The van der Waals surface area contributed by atoms with E-state index in [1.54, 1.807) is 25.1 Å². The van der Waals surface area contributed by atoms with E-state index in [0.717, 1.165) is 12.1 Å². The maximum absolute atomic E-state index is 13.2. The number of fused-ring (bicyclic) bond motifs is 1. The summed E-state index contributed by atoms with van der Waals surface area (Å²) in [5.41, 5.74) is 1.98. The molecule has 0 saturated heterocycles. The molecule has 0 saturated carbocycles. The number of rotatable bonds is 6. The van der Waals surface area contributed by atoms with E-state index in [1.165, 1.54) is 23.8 Å². The van der Waals surface area contributed by atoms with Gasteiger partial charge in [-0.2, -0.15) is 0 Å². The van der Waals surface area contributed by atoms with Gasteiger partial charge in [0.2, 0.25) is 5.91 Å². The van der Waals surface area contributed by atoms with Crippen LogP contribution in [0.1, 0.15) is 28.5 Å². The van der Waals surface area contributed by atoms with Crippen molar-refractivity contribution < 1.29 is 32.2 Å². The molecule has 2 aromatic carbocycles. The average Bonchev–Trinajstić information content (AvgIpc) is 2.98. The van der Waals surface area contributed by atoms with Crippen LogP contribution in [0.5, 0.6) is 11.5 Å². The first kappa shape index (κ1) is 22.2. The Labute approximate surface area is 176 Å². The lowest BCUT2D eigenvalue weighted by atomic mass is 10.1. The molecule has 1 aromatic heterocycles. The van der Waals surface area contributed by atoms with E-state index in [-0.39, 0.29) is 17.9 Å². The number of carbonyl (C=O) groups excluding carboxylic acids is 2. The number of hydrogen-bond donors (Lipinski definition) is 1. The van der Waals surface area contributed by atoms with Crippen molar-refractivity contribution in [2.75, 3.05) is 13.7 Å². The molecule has 0 radical (unpaired) electrons. The van der Waals surface area contributed by atoms with Gasteiger partial charge in [-0.05, 0) is 61.9 Å².